The molecule has 3 nitrogen and oxygen atoms in total. The summed E-state index contributed by atoms with van der Waals surface area (Å²) in [5.74, 6) is 0.372. The normalized spacial score (nSPS) is 33.8. The van der Waals surface area contributed by atoms with Gasteiger partial charge in [-0.3, -0.25) is 4.79 Å². The van der Waals surface area contributed by atoms with E-state index in [1.165, 1.54) is 19.3 Å². The predicted molar refractivity (Wildman–Crippen MR) is 74.4 cm³/mol. The van der Waals surface area contributed by atoms with E-state index >= 15 is 0 Å². The van der Waals surface area contributed by atoms with Gasteiger partial charge in [0.2, 0.25) is 5.91 Å². The number of fused-ring (bicyclic) bond motifs is 2. The van der Waals surface area contributed by atoms with Crippen molar-refractivity contribution < 1.29 is 4.79 Å². The van der Waals surface area contributed by atoms with Crippen LogP contribution in [0.4, 0.5) is 0 Å². The monoisotopic (exact) mass is 252 g/mol. The van der Waals surface area contributed by atoms with E-state index in [0.29, 0.717) is 29.2 Å². The van der Waals surface area contributed by atoms with Crippen molar-refractivity contribution in [1.29, 1.82) is 0 Å². The first-order valence-electron chi connectivity index (χ1n) is 7.29. The van der Waals surface area contributed by atoms with E-state index in [1.54, 1.807) is 0 Å². The van der Waals surface area contributed by atoms with Gasteiger partial charge in [-0.05, 0) is 50.1 Å². The quantitative estimate of drug-likeness (QED) is 0.779. The van der Waals surface area contributed by atoms with E-state index in [4.69, 9.17) is 0 Å². The largest absolute Gasteiger partial charge is 0.339 e. The Hall–Kier alpha value is -0.570. The summed E-state index contributed by atoms with van der Waals surface area (Å²) in [6.07, 6.45) is 5.32. The van der Waals surface area contributed by atoms with Crippen LogP contribution >= 0.6 is 0 Å². The van der Waals surface area contributed by atoms with Crippen LogP contribution in [0.1, 0.15) is 52.9 Å². The number of carbonyl (C=O) groups is 1. The van der Waals surface area contributed by atoms with Gasteiger partial charge in [0, 0.05) is 19.0 Å². The Labute approximate surface area is 111 Å². The van der Waals surface area contributed by atoms with Gasteiger partial charge >= 0.3 is 0 Å². The molecule has 104 valence electrons. The topological polar surface area (TPSA) is 32.3 Å². The zero-order chi connectivity index (χ0) is 13.4. The third-order valence-electron chi connectivity index (χ3n) is 4.55. The molecule has 1 amide bonds. The molecule has 0 aromatic heterocycles. The van der Waals surface area contributed by atoms with Crippen molar-refractivity contribution in [3.63, 3.8) is 0 Å². The van der Waals surface area contributed by atoms with Gasteiger partial charge in [0.05, 0.1) is 0 Å². The van der Waals surface area contributed by atoms with Crippen LogP contribution in [0.5, 0.6) is 0 Å². The lowest BCUT2D eigenvalue weighted by Gasteiger charge is -2.39. The van der Waals surface area contributed by atoms with E-state index in [-0.39, 0.29) is 0 Å². The number of rotatable bonds is 4. The second-order valence-electron chi connectivity index (χ2n) is 7.44. The summed E-state index contributed by atoms with van der Waals surface area (Å²) in [4.78, 5) is 14.5. The zero-order valence-electron chi connectivity index (χ0n) is 12.4. The van der Waals surface area contributed by atoms with Crippen molar-refractivity contribution in [2.45, 2.75) is 58.9 Å². The van der Waals surface area contributed by atoms with Crippen molar-refractivity contribution in [2.24, 2.45) is 10.8 Å². The summed E-state index contributed by atoms with van der Waals surface area (Å²) in [5, 5.41) is 3.11. The van der Waals surface area contributed by atoms with Crippen LogP contribution in [0.2, 0.25) is 0 Å². The summed E-state index contributed by atoms with van der Waals surface area (Å²) in [6, 6.07) is 0.501. The molecule has 2 unspecified atom stereocenters. The molecule has 0 aromatic carbocycles. The predicted octanol–water partition coefficient (Wildman–Crippen LogP) is 2.41. The minimum atomic E-state index is 0.366. The number of hydrogen-bond acceptors (Lipinski definition) is 2. The van der Waals surface area contributed by atoms with E-state index in [1.807, 2.05) is 7.05 Å². The van der Waals surface area contributed by atoms with Gasteiger partial charge in [-0.1, -0.05) is 20.8 Å². The van der Waals surface area contributed by atoms with Gasteiger partial charge in [-0.25, -0.2) is 0 Å². The molecule has 2 atom stereocenters. The summed E-state index contributed by atoms with van der Waals surface area (Å²) in [5.41, 5.74) is 0.767. The lowest BCUT2D eigenvalue weighted by Crippen LogP contribution is -2.37. The average Bonchev–Trinajstić information content (AvgIpc) is 2.48. The number of carbonyl (C=O) groups excluding carboxylic acids is 1. The number of nitrogens with zero attached hydrogens (tertiary/aromatic N) is 1. The van der Waals surface area contributed by atoms with Gasteiger partial charge in [0.1, 0.15) is 0 Å². The van der Waals surface area contributed by atoms with Crippen LogP contribution in [0, 0.1) is 10.8 Å². The van der Waals surface area contributed by atoms with Crippen molar-refractivity contribution >= 4 is 5.91 Å². The Balaban J connectivity index is 1.98. The van der Waals surface area contributed by atoms with Gasteiger partial charge in [0.15, 0.2) is 0 Å². The Bertz CT molecular complexity index is 326. The third kappa shape index (κ3) is 2.87. The first-order chi connectivity index (χ1) is 8.35. The number of amides is 1. The maximum absolute atomic E-state index is 12.3. The average molecular weight is 252 g/mol. The zero-order valence-corrected chi connectivity index (χ0v) is 12.4. The molecule has 2 aliphatic rings. The SMILES string of the molecule is CNCCCC(=O)N1CC2(C)CC1CC(C)(C)C2. The lowest BCUT2D eigenvalue weighted by atomic mass is 9.65. The fraction of sp³-hybridized carbons (Fsp3) is 0.933. The van der Waals surface area contributed by atoms with Crippen LogP contribution in [-0.2, 0) is 4.79 Å². The highest BCUT2D eigenvalue weighted by Crippen LogP contribution is 2.52. The maximum atomic E-state index is 12.3. The fourth-order valence-corrected chi connectivity index (χ4v) is 4.31. The highest BCUT2D eigenvalue weighted by Gasteiger charge is 2.50. The summed E-state index contributed by atoms with van der Waals surface area (Å²) in [6.45, 7) is 8.99. The molecule has 2 rings (SSSR count). The van der Waals surface area contributed by atoms with Gasteiger partial charge in [0.25, 0.3) is 0 Å². The van der Waals surface area contributed by atoms with Crippen molar-refractivity contribution in [2.75, 3.05) is 20.1 Å². The smallest absolute Gasteiger partial charge is 0.222 e. The Morgan fingerprint density at radius 1 is 1.33 bits per heavy atom. The highest BCUT2D eigenvalue weighted by atomic mass is 16.2. The molecule has 1 N–H and O–H groups in total. The Kier molecular flexibility index (Phi) is 3.72. The van der Waals surface area contributed by atoms with E-state index in [0.717, 1.165) is 19.5 Å². The molecule has 1 heterocycles. The standard InChI is InChI=1S/C15H28N2O/c1-14(2)8-12-9-15(3,10-14)11-17(12)13(18)6-5-7-16-4/h12,16H,5-11H2,1-4H3. The number of likely N-dealkylation sites (tertiary alicyclic amines) is 1. The van der Waals surface area contributed by atoms with Gasteiger partial charge in [-0.15, -0.1) is 0 Å². The number of nitrogens with one attached hydrogen (secondary N) is 1. The minimum absolute atomic E-state index is 0.366. The molecular weight excluding hydrogens is 224 g/mol. The maximum Gasteiger partial charge on any atom is 0.222 e. The molecular formula is C15H28N2O. The van der Waals surface area contributed by atoms with Crippen molar-refractivity contribution in [3.8, 4) is 0 Å². The van der Waals surface area contributed by atoms with Crippen LogP contribution in [-0.4, -0.2) is 37.0 Å². The minimum Gasteiger partial charge on any atom is -0.339 e. The molecule has 2 fully saturated rings. The molecule has 1 aliphatic carbocycles. The third-order valence-corrected chi connectivity index (χ3v) is 4.55. The molecule has 0 spiro atoms. The van der Waals surface area contributed by atoms with E-state index in [9.17, 15) is 4.79 Å². The van der Waals surface area contributed by atoms with Crippen molar-refractivity contribution in [3.05, 3.63) is 0 Å². The molecule has 1 aliphatic heterocycles. The second-order valence-corrected chi connectivity index (χ2v) is 7.44. The van der Waals surface area contributed by atoms with Crippen molar-refractivity contribution in [1.82, 2.24) is 10.2 Å². The fourth-order valence-electron chi connectivity index (χ4n) is 4.31. The van der Waals surface area contributed by atoms with Crippen LogP contribution in [0.15, 0.2) is 0 Å². The van der Waals surface area contributed by atoms with Crippen LogP contribution in [0.25, 0.3) is 0 Å². The van der Waals surface area contributed by atoms with Crippen LogP contribution < -0.4 is 5.32 Å². The number of hydrogen-bond donors (Lipinski definition) is 1. The molecule has 18 heavy (non-hydrogen) atoms. The van der Waals surface area contributed by atoms with E-state index in [2.05, 4.69) is 31.0 Å². The first-order valence-corrected chi connectivity index (χ1v) is 7.29. The molecule has 0 radical (unpaired) electrons. The van der Waals surface area contributed by atoms with Gasteiger partial charge in [-0.2, -0.15) is 0 Å². The molecule has 2 bridgehead atoms. The lowest BCUT2D eigenvalue weighted by molar-refractivity contribution is -0.132. The Morgan fingerprint density at radius 2 is 2.06 bits per heavy atom. The summed E-state index contributed by atoms with van der Waals surface area (Å²) < 4.78 is 0. The first kappa shape index (κ1) is 13.9. The van der Waals surface area contributed by atoms with Crippen LogP contribution in [0.3, 0.4) is 0 Å². The molecule has 0 aromatic rings. The summed E-state index contributed by atoms with van der Waals surface area (Å²) >= 11 is 0. The molecule has 1 saturated heterocycles. The highest BCUT2D eigenvalue weighted by molar-refractivity contribution is 5.77. The van der Waals surface area contributed by atoms with E-state index < -0.39 is 0 Å². The van der Waals surface area contributed by atoms with Gasteiger partial charge < -0.3 is 10.2 Å². The molecule has 3 heteroatoms. The molecule has 1 saturated carbocycles. The second kappa shape index (κ2) is 4.84. The Morgan fingerprint density at radius 3 is 2.72 bits per heavy atom. The summed E-state index contributed by atoms with van der Waals surface area (Å²) in [7, 11) is 1.94.